The van der Waals surface area contributed by atoms with E-state index in [2.05, 4.69) is 11.4 Å². The van der Waals surface area contributed by atoms with Crippen molar-refractivity contribution < 1.29 is 0 Å². The minimum Gasteiger partial charge on any atom is -0.391 e. The van der Waals surface area contributed by atoms with E-state index in [1.807, 2.05) is 6.20 Å². The highest BCUT2D eigenvalue weighted by Gasteiger charge is 2.04. The lowest BCUT2D eigenvalue weighted by molar-refractivity contribution is 0.505. The average Bonchev–Trinajstić information content (AvgIpc) is 1.90. The molecule has 0 aliphatic carbocycles. The molecule has 1 heterocycles. The summed E-state index contributed by atoms with van der Waals surface area (Å²) in [5.41, 5.74) is 5.43. The van der Waals surface area contributed by atoms with Gasteiger partial charge in [0.25, 0.3) is 0 Å². The third-order valence-corrected chi connectivity index (χ3v) is 1.44. The van der Waals surface area contributed by atoms with Gasteiger partial charge in [-0.1, -0.05) is 6.08 Å². The monoisotopic (exact) mass is 112 g/mol. The van der Waals surface area contributed by atoms with Crippen LogP contribution in [0.4, 0.5) is 0 Å². The lowest BCUT2D eigenvalue weighted by atomic mass is 10.0. The minimum absolute atomic E-state index is 0.667. The van der Waals surface area contributed by atoms with Gasteiger partial charge in [-0.15, -0.1) is 0 Å². The normalized spacial score (nSPS) is 27.4. The molecule has 0 aromatic heterocycles. The Bertz CT molecular complexity index is 88.5. The van der Waals surface area contributed by atoms with Gasteiger partial charge in [-0.3, -0.25) is 0 Å². The second kappa shape index (κ2) is 2.72. The topological polar surface area (TPSA) is 38.0 Å². The van der Waals surface area contributed by atoms with E-state index in [1.54, 1.807) is 0 Å². The number of hydrogen-bond acceptors (Lipinski definition) is 2. The summed E-state index contributed by atoms with van der Waals surface area (Å²) < 4.78 is 0. The van der Waals surface area contributed by atoms with Crippen LogP contribution in [0.25, 0.3) is 0 Å². The number of hydrogen-bond donors (Lipinski definition) is 2. The molecule has 0 amide bonds. The van der Waals surface area contributed by atoms with E-state index in [0.717, 1.165) is 19.5 Å². The molecule has 1 rings (SSSR count). The smallest absolute Gasteiger partial charge is 0.0184 e. The fraction of sp³-hybridized carbons (Fsp3) is 0.667. The molecule has 1 aliphatic rings. The minimum atomic E-state index is 0.667. The molecule has 3 N–H and O–H groups in total. The molecule has 1 atom stereocenters. The predicted molar refractivity (Wildman–Crippen MR) is 34.3 cm³/mol. The largest absolute Gasteiger partial charge is 0.391 e. The first kappa shape index (κ1) is 5.63. The van der Waals surface area contributed by atoms with E-state index >= 15 is 0 Å². The van der Waals surface area contributed by atoms with Gasteiger partial charge in [0.1, 0.15) is 0 Å². The standard InChI is InChI=1S/C6H12N2/c7-4-6-2-1-3-8-5-6/h1,3,6,8H,2,4-5,7H2. The molecule has 0 saturated carbocycles. The number of rotatable bonds is 1. The van der Waals surface area contributed by atoms with Crippen LogP contribution in [0.3, 0.4) is 0 Å². The second-order valence-electron chi connectivity index (χ2n) is 2.15. The fourth-order valence-corrected chi connectivity index (χ4v) is 0.841. The molecule has 0 radical (unpaired) electrons. The average molecular weight is 112 g/mol. The van der Waals surface area contributed by atoms with Crippen LogP contribution in [0.5, 0.6) is 0 Å². The van der Waals surface area contributed by atoms with E-state index in [1.165, 1.54) is 0 Å². The van der Waals surface area contributed by atoms with Gasteiger partial charge < -0.3 is 11.1 Å². The van der Waals surface area contributed by atoms with Crippen molar-refractivity contribution in [3.8, 4) is 0 Å². The third-order valence-electron chi connectivity index (χ3n) is 1.44. The van der Waals surface area contributed by atoms with Crippen molar-refractivity contribution >= 4 is 0 Å². The maximum absolute atomic E-state index is 5.43. The summed E-state index contributed by atoms with van der Waals surface area (Å²) in [4.78, 5) is 0. The van der Waals surface area contributed by atoms with Crippen molar-refractivity contribution in [3.05, 3.63) is 12.3 Å². The van der Waals surface area contributed by atoms with Crippen molar-refractivity contribution in [3.63, 3.8) is 0 Å². The third kappa shape index (κ3) is 1.23. The van der Waals surface area contributed by atoms with Crippen LogP contribution in [0.2, 0.25) is 0 Å². The Labute approximate surface area is 49.8 Å². The van der Waals surface area contributed by atoms with E-state index in [4.69, 9.17) is 5.73 Å². The first-order valence-electron chi connectivity index (χ1n) is 3.02. The van der Waals surface area contributed by atoms with Crippen LogP contribution in [0, 0.1) is 5.92 Å². The van der Waals surface area contributed by atoms with Gasteiger partial charge >= 0.3 is 0 Å². The highest BCUT2D eigenvalue weighted by molar-refractivity contribution is 4.88. The van der Waals surface area contributed by atoms with Crippen LogP contribution >= 0.6 is 0 Å². The van der Waals surface area contributed by atoms with Crippen LogP contribution < -0.4 is 11.1 Å². The Morgan fingerprint density at radius 3 is 3.00 bits per heavy atom. The molecular formula is C6H12N2. The summed E-state index contributed by atoms with van der Waals surface area (Å²) in [6.07, 6.45) is 5.26. The first-order valence-corrected chi connectivity index (χ1v) is 3.02. The quantitative estimate of drug-likeness (QED) is 0.503. The summed E-state index contributed by atoms with van der Waals surface area (Å²) in [6.45, 7) is 1.85. The van der Waals surface area contributed by atoms with Gasteiger partial charge in [0.15, 0.2) is 0 Å². The van der Waals surface area contributed by atoms with E-state index in [0.29, 0.717) is 5.92 Å². The van der Waals surface area contributed by atoms with Crippen LogP contribution in [-0.2, 0) is 0 Å². The predicted octanol–water partition coefficient (Wildman–Crippen LogP) is 0.0683. The summed E-state index contributed by atoms with van der Waals surface area (Å²) in [5, 5.41) is 3.13. The summed E-state index contributed by atoms with van der Waals surface area (Å²) in [6, 6.07) is 0. The number of nitrogens with one attached hydrogen (secondary N) is 1. The van der Waals surface area contributed by atoms with Crippen molar-refractivity contribution in [1.29, 1.82) is 0 Å². The molecular weight excluding hydrogens is 100 g/mol. The summed E-state index contributed by atoms with van der Waals surface area (Å²) in [5.74, 6) is 0.667. The molecule has 0 fully saturated rings. The van der Waals surface area contributed by atoms with Crippen molar-refractivity contribution in [1.82, 2.24) is 5.32 Å². The molecule has 46 valence electrons. The van der Waals surface area contributed by atoms with Gasteiger partial charge in [0.05, 0.1) is 0 Å². The number of nitrogens with two attached hydrogens (primary N) is 1. The van der Waals surface area contributed by atoms with Gasteiger partial charge in [-0.2, -0.15) is 0 Å². The van der Waals surface area contributed by atoms with E-state index in [-0.39, 0.29) is 0 Å². The summed E-state index contributed by atoms with van der Waals surface area (Å²) >= 11 is 0. The molecule has 2 heteroatoms. The van der Waals surface area contributed by atoms with Gasteiger partial charge in [0.2, 0.25) is 0 Å². The fourth-order valence-electron chi connectivity index (χ4n) is 0.841. The van der Waals surface area contributed by atoms with E-state index in [9.17, 15) is 0 Å². The van der Waals surface area contributed by atoms with Gasteiger partial charge in [-0.25, -0.2) is 0 Å². The SMILES string of the molecule is NCC1CC=CNC1. The maximum atomic E-state index is 5.43. The highest BCUT2D eigenvalue weighted by Crippen LogP contribution is 2.03. The lowest BCUT2D eigenvalue weighted by Crippen LogP contribution is -2.27. The summed E-state index contributed by atoms with van der Waals surface area (Å²) in [7, 11) is 0. The van der Waals surface area contributed by atoms with Gasteiger partial charge in [0, 0.05) is 6.54 Å². The van der Waals surface area contributed by atoms with E-state index < -0.39 is 0 Å². The maximum Gasteiger partial charge on any atom is 0.0184 e. The lowest BCUT2D eigenvalue weighted by Gasteiger charge is -2.15. The van der Waals surface area contributed by atoms with Crippen molar-refractivity contribution in [2.24, 2.45) is 11.7 Å². The van der Waals surface area contributed by atoms with Crippen LogP contribution in [-0.4, -0.2) is 13.1 Å². The number of allylic oxidation sites excluding steroid dienone is 1. The zero-order chi connectivity index (χ0) is 5.82. The molecule has 1 unspecified atom stereocenters. The first-order chi connectivity index (χ1) is 3.93. The Hall–Kier alpha value is -0.500. The zero-order valence-electron chi connectivity index (χ0n) is 4.93. The molecule has 1 aliphatic heterocycles. The van der Waals surface area contributed by atoms with Crippen molar-refractivity contribution in [2.45, 2.75) is 6.42 Å². The van der Waals surface area contributed by atoms with Crippen LogP contribution in [0.1, 0.15) is 6.42 Å². The molecule has 0 saturated heterocycles. The van der Waals surface area contributed by atoms with Crippen molar-refractivity contribution in [2.75, 3.05) is 13.1 Å². The molecule has 0 aromatic rings. The van der Waals surface area contributed by atoms with Gasteiger partial charge in [-0.05, 0) is 25.1 Å². The zero-order valence-corrected chi connectivity index (χ0v) is 4.93. The Kier molecular flexibility index (Phi) is 1.92. The molecule has 0 aromatic carbocycles. The van der Waals surface area contributed by atoms with Crippen LogP contribution in [0.15, 0.2) is 12.3 Å². The Morgan fingerprint density at radius 2 is 2.62 bits per heavy atom. The molecule has 2 nitrogen and oxygen atoms in total. The molecule has 0 spiro atoms. The molecule has 8 heavy (non-hydrogen) atoms. The Morgan fingerprint density at radius 1 is 1.75 bits per heavy atom. The Balaban J connectivity index is 2.27. The highest BCUT2D eigenvalue weighted by atomic mass is 14.8. The molecule has 0 bridgehead atoms. The second-order valence-corrected chi connectivity index (χ2v) is 2.15.